The van der Waals surface area contributed by atoms with Gasteiger partial charge in [0, 0.05) is 15.1 Å². The Morgan fingerprint density at radius 2 is 1.89 bits per heavy atom. The number of nitrogens with two attached hydrogens (primary N) is 1. The summed E-state index contributed by atoms with van der Waals surface area (Å²) in [6.45, 7) is 0. The van der Waals surface area contributed by atoms with Gasteiger partial charge in [0.25, 0.3) is 0 Å². The molecule has 3 aromatic rings. The molecule has 19 heavy (non-hydrogen) atoms. The van der Waals surface area contributed by atoms with Crippen molar-refractivity contribution in [3.8, 4) is 0 Å². The molecule has 0 radical (unpaired) electrons. The molecule has 0 fully saturated rings. The summed E-state index contributed by atoms with van der Waals surface area (Å²) in [4.78, 5) is 0.942. The van der Waals surface area contributed by atoms with E-state index in [1.54, 1.807) is 12.1 Å². The Morgan fingerprint density at radius 1 is 1.11 bits per heavy atom. The molecule has 0 spiro atoms. The zero-order chi connectivity index (χ0) is 13.6. The van der Waals surface area contributed by atoms with Crippen LogP contribution in [0.4, 0.5) is 4.39 Å². The molecule has 0 bridgehead atoms. The van der Waals surface area contributed by atoms with E-state index >= 15 is 0 Å². The topological polar surface area (TPSA) is 26.0 Å². The van der Waals surface area contributed by atoms with Gasteiger partial charge < -0.3 is 5.73 Å². The summed E-state index contributed by atoms with van der Waals surface area (Å²) in [6, 6.07) is 8.12. The smallest absolute Gasteiger partial charge is 0.124 e. The summed E-state index contributed by atoms with van der Waals surface area (Å²) in [7, 11) is 0. The number of hydrogen-bond acceptors (Lipinski definition) is 3. The van der Waals surface area contributed by atoms with E-state index in [9.17, 15) is 4.39 Å². The predicted octanol–water partition coefficient (Wildman–Crippen LogP) is 5.46. The van der Waals surface area contributed by atoms with Crippen LogP contribution in [0.5, 0.6) is 0 Å². The highest BCUT2D eigenvalue weighted by Crippen LogP contribution is 2.39. The monoisotopic (exact) mass is 331 g/mol. The first-order chi connectivity index (χ1) is 9.04. The van der Waals surface area contributed by atoms with E-state index in [1.807, 2.05) is 6.07 Å². The van der Waals surface area contributed by atoms with Crippen molar-refractivity contribution in [2.45, 2.75) is 6.04 Å². The maximum atomic E-state index is 13.2. The molecular weight excluding hydrogens is 324 g/mol. The highest BCUT2D eigenvalue weighted by Gasteiger charge is 2.18. The van der Waals surface area contributed by atoms with Gasteiger partial charge in [-0.2, -0.15) is 0 Å². The Balaban J connectivity index is 2.06. The molecule has 2 heterocycles. The van der Waals surface area contributed by atoms with E-state index in [0.29, 0.717) is 8.67 Å². The molecule has 0 amide bonds. The standard InChI is InChI=1S/C13H8Cl2FNS2/c14-11-5-8(13(15)19-11)12(17)10-3-6-1-2-7(16)4-9(6)18-10/h1-5,12H,17H2. The van der Waals surface area contributed by atoms with E-state index < -0.39 is 0 Å². The fourth-order valence-corrected chi connectivity index (χ4v) is 4.56. The van der Waals surface area contributed by atoms with E-state index in [2.05, 4.69) is 0 Å². The van der Waals surface area contributed by atoms with E-state index in [-0.39, 0.29) is 11.9 Å². The van der Waals surface area contributed by atoms with Crippen LogP contribution in [-0.2, 0) is 0 Å². The van der Waals surface area contributed by atoms with Gasteiger partial charge in [0.05, 0.1) is 14.7 Å². The van der Waals surface area contributed by atoms with Gasteiger partial charge in [-0.05, 0) is 29.7 Å². The molecule has 0 aliphatic carbocycles. The molecule has 1 atom stereocenters. The van der Waals surface area contributed by atoms with Gasteiger partial charge in [-0.25, -0.2) is 4.39 Å². The third kappa shape index (κ3) is 2.51. The minimum absolute atomic E-state index is 0.244. The number of rotatable bonds is 2. The van der Waals surface area contributed by atoms with Crippen LogP contribution >= 0.6 is 45.9 Å². The average molecular weight is 332 g/mol. The molecule has 1 unspecified atom stereocenters. The number of benzene rings is 1. The summed E-state index contributed by atoms with van der Waals surface area (Å²) in [5, 5.41) is 0.981. The quantitative estimate of drug-likeness (QED) is 0.663. The number of thiophene rings is 2. The van der Waals surface area contributed by atoms with Gasteiger partial charge in [0.15, 0.2) is 0 Å². The lowest BCUT2D eigenvalue weighted by molar-refractivity contribution is 0.630. The maximum absolute atomic E-state index is 13.2. The molecule has 0 saturated carbocycles. The van der Waals surface area contributed by atoms with Gasteiger partial charge in [0.2, 0.25) is 0 Å². The Morgan fingerprint density at radius 3 is 2.58 bits per heavy atom. The second kappa shape index (κ2) is 5.04. The van der Waals surface area contributed by atoms with Gasteiger partial charge in [0.1, 0.15) is 5.82 Å². The molecule has 1 nitrogen and oxygen atoms in total. The van der Waals surface area contributed by atoms with Gasteiger partial charge >= 0.3 is 0 Å². The van der Waals surface area contributed by atoms with Crippen molar-refractivity contribution in [3.63, 3.8) is 0 Å². The van der Waals surface area contributed by atoms with Gasteiger partial charge in [-0.1, -0.05) is 29.3 Å². The third-order valence-electron chi connectivity index (χ3n) is 2.83. The Kier molecular flexibility index (Phi) is 3.53. The molecule has 0 aliphatic rings. The molecule has 1 aromatic carbocycles. The largest absolute Gasteiger partial charge is 0.320 e. The third-order valence-corrected chi connectivity index (χ3v) is 5.52. The first-order valence-electron chi connectivity index (χ1n) is 5.44. The van der Waals surface area contributed by atoms with Crippen molar-refractivity contribution >= 4 is 56.0 Å². The fourth-order valence-electron chi connectivity index (χ4n) is 1.90. The molecule has 0 aliphatic heterocycles. The van der Waals surface area contributed by atoms with Crippen LogP contribution < -0.4 is 5.73 Å². The number of fused-ring (bicyclic) bond motifs is 1. The SMILES string of the molecule is NC(c1cc2ccc(F)cc2s1)c1cc(Cl)sc1Cl. The van der Waals surface area contributed by atoms with Crippen molar-refractivity contribution in [1.29, 1.82) is 0 Å². The first kappa shape index (κ1) is 13.3. The molecule has 6 heteroatoms. The lowest BCUT2D eigenvalue weighted by Crippen LogP contribution is -2.09. The summed E-state index contributed by atoms with van der Waals surface area (Å²) >= 11 is 14.8. The predicted molar refractivity (Wildman–Crippen MR) is 82.2 cm³/mol. The zero-order valence-corrected chi connectivity index (χ0v) is 12.6. The molecule has 2 aromatic heterocycles. The lowest BCUT2D eigenvalue weighted by atomic mass is 10.1. The first-order valence-corrected chi connectivity index (χ1v) is 7.83. The summed E-state index contributed by atoms with van der Waals surface area (Å²) in [5.74, 6) is -0.244. The molecule has 3 rings (SSSR count). The van der Waals surface area contributed by atoms with Crippen LogP contribution in [0.15, 0.2) is 30.3 Å². The number of halogens is 3. The van der Waals surface area contributed by atoms with Crippen LogP contribution in [0.25, 0.3) is 10.1 Å². The summed E-state index contributed by atoms with van der Waals surface area (Å²) < 4.78 is 15.3. The van der Waals surface area contributed by atoms with Gasteiger partial charge in [-0.15, -0.1) is 22.7 Å². The number of hydrogen-bond donors (Lipinski definition) is 1. The van der Waals surface area contributed by atoms with Crippen molar-refractivity contribution in [3.05, 3.63) is 55.3 Å². The molecule has 98 valence electrons. The Labute approximate surface area is 127 Å². The van der Waals surface area contributed by atoms with Crippen LogP contribution in [0.1, 0.15) is 16.5 Å². The van der Waals surface area contributed by atoms with Crippen molar-refractivity contribution < 1.29 is 4.39 Å². The zero-order valence-electron chi connectivity index (χ0n) is 9.49. The average Bonchev–Trinajstić information content (AvgIpc) is 2.91. The Hall–Kier alpha value is -0.650. The minimum Gasteiger partial charge on any atom is -0.320 e. The molecule has 2 N–H and O–H groups in total. The maximum Gasteiger partial charge on any atom is 0.124 e. The summed E-state index contributed by atoms with van der Waals surface area (Å²) in [5.41, 5.74) is 7.02. The van der Waals surface area contributed by atoms with Gasteiger partial charge in [-0.3, -0.25) is 0 Å². The highest BCUT2D eigenvalue weighted by atomic mass is 35.5. The highest BCUT2D eigenvalue weighted by molar-refractivity contribution is 7.20. The lowest BCUT2D eigenvalue weighted by Gasteiger charge is -2.07. The van der Waals surface area contributed by atoms with E-state index in [1.165, 1.54) is 34.8 Å². The fraction of sp³-hybridized carbons (Fsp3) is 0.0769. The van der Waals surface area contributed by atoms with E-state index in [0.717, 1.165) is 20.5 Å². The molecule has 0 saturated heterocycles. The minimum atomic E-state index is -0.336. The van der Waals surface area contributed by atoms with Crippen molar-refractivity contribution in [1.82, 2.24) is 0 Å². The van der Waals surface area contributed by atoms with Crippen molar-refractivity contribution in [2.24, 2.45) is 5.73 Å². The normalized spacial score (nSPS) is 13.1. The molecular formula is C13H8Cl2FNS2. The van der Waals surface area contributed by atoms with Crippen molar-refractivity contribution in [2.75, 3.05) is 0 Å². The van der Waals surface area contributed by atoms with Crippen LogP contribution in [-0.4, -0.2) is 0 Å². The Bertz CT molecular complexity index is 750. The van der Waals surface area contributed by atoms with Crippen LogP contribution in [0.3, 0.4) is 0 Å². The summed E-state index contributed by atoms with van der Waals surface area (Å²) in [6.07, 6.45) is 0. The van der Waals surface area contributed by atoms with E-state index in [4.69, 9.17) is 28.9 Å². The second-order valence-electron chi connectivity index (χ2n) is 4.09. The van der Waals surface area contributed by atoms with Crippen LogP contribution in [0, 0.1) is 5.82 Å². The van der Waals surface area contributed by atoms with Crippen LogP contribution in [0.2, 0.25) is 8.67 Å². The second-order valence-corrected chi connectivity index (χ2v) is 7.49.